The molecule has 0 aliphatic heterocycles. The lowest BCUT2D eigenvalue weighted by atomic mass is 10.2. The van der Waals surface area contributed by atoms with Crippen molar-refractivity contribution < 1.29 is 9.59 Å². The lowest BCUT2D eigenvalue weighted by Crippen LogP contribution is -2.12. The van der Waals surface area contributed by atoms with Gasteiger partial charge in [0.15, 0.2) is 0 Å². The van der Waals surface area contributed by atoms with Crippen molar-refractivity contribution in [1.29, 1.82) is 0 Å². The van der Waals surface area contributed by atoms with Crippen molar-refractivity contribution in [3.63, 3.8) is 0 Å². The van der Waals surface area contributed by atoms with Crippen molar-refractivity contribution in [2.75, 3.05) is 10.6 Å². The summed E-state index contributed by atoms with van der Waals surface area (Å²) in [4.78, 5) is 24.0. The summed E-state index contributed by atoms with van der Waals surface area (Å²) in [5.74, 6) is -0.658. The number of anilines is 2. The fraction of sp³-hybridized carbons (Fsp3) is 0. The van der Waals surface area contributed by atoms with Gasteiger partial charge in [0.25, 0.3) is 11.8 Å². The molecule has 0 heterocycles. The van der Waals surface area contributed by atoms with Crippen LogP contribution in [0, 0.1) is 0 Å². The molecule has 0 saturated carbocycles. The third-order valence-corrected chi connectivity index (χ3v) is 6.93. The molecular weight excluding hydrogens is 585 g/mol. The second-order valence-corrected chi connectivity index (χ2v) is 9.46. The minimum Gasteiger partial charge on any atom is -0.321 e. The van der Waals surface area contributed by atoms with Crippen LogP contribution >= 0.6 is 69.6 Å². The van der Waals surface area contributed by atoms with E-state index >= 15 is 0 Å². The Bertz CT molecular complexity index is 1300. The fourth-order valence-electron chi connectivity index (χ4n) is 2.87. The van der Waals surface area contributed by atoms with Crippen LogP contribution in [-0.2, 0) is 0 Å². The predicted molar refractivity (Wildman–Crippen MR) is 152 cm³/mol. The highest BCUT2D eigenvalue weighted by molar-refractivity contribution is 6.45. The van der Waals surface area contributed by atoms with Gasteiger partial charge in [-0.15, -0.1) is 0 Å². The van der Waals surface area contributed by atoms with Crippen LogP contribution in [0.1, 0.15) is 20.7 Å². The number of hydrogen-bond acceptors (Lipinski definition) is 2. The van der Waals surface area contributed by atoms with E-state index in [1.54, 1.807) is 84.9 Å². The Morgan fingerprint density at radius 2 is 0.778 bits per heavy atom. The molecule has 0 spiro atoms. The van der Waals surface area contributed by atoms with Gasteiger partial charge in [0.2, 0.25) is 0 Å². The zero-order valence-electron chi connectivity index (χ0n) is 18.2. The normalized spacial score (nSPS) is 10.2. The van der Waals surface area contributed by atoms with Gasteiger partial charge in [-0.1, -0.05) is 106 Å². The van der Waals surface area contributed by atoms with Crippen LogP contribution in [0.15, 0.2) is 84.9 Å². The van der Waals surface area contributed by atoms with E-state index in [1.165, 1.54) is 0 Å². The molecule has 10 heteroatoms. The lowest BCUT2D eigenvalue weighted by Gasteiger charge is -2.09. The molecule has 4 aromatic carbocycles. The molecule has 0 bridgehead atoms. The molecule has 0 radical (unpaired) electrons. The number of rotatable bonds is 4. The van der Waals surface area contributed by atoms with E-state index in [0.717, 1.165) is 0 Å². The van der Waals surface area contributed by atoms with Crippen molar-refractivity contribution in [2.24, 2.45) is 0 Å². The average Bonchev–Trinajstić information content (AvgIpc) is 2.86. The molecule has 0 aromatic heterocycles. The first-order chi connectivity index (χ1) is 17.2. The Balaban J connectivity index is 0.000000201. The highest BCUT2D eigenvalue weighted by atomic mass is 35.5. The first kappa shape index (κ1) is 28.1. The monoisotopic (exact) mass is 598 g/mol. The third kappa shape index (κ3) is 7.30. The molecule has 0 saturated heterocycles. The van der Waals surface area contributed by atoms with Gasteiger partial charge in [-0.05, 0) is 48.5 Å². The summed E-state index contributed by atoms with van der Waals surface area (Å²) >= 11 is 35.6. The minimum atomic E-state index is -0.329. The van der Waals surface area contributed by atoms with Crippen molar-refractivity contribution in [2.45, 2.75) is 0 Å². The fourth-order valence-corrected chi connectivity index (χ4v) is 4.01. The van der Waals surface area contributed by atoms with Crippen LogP contribution in [0.3, 0.4) is 0 Å². The van der Waals surface area contributed by atoms with E-state index in [-0.39, 0.29) is 11.8 Å². The standard InChI is InChI=1S/2C13H8Cl3NO/c2*14-9-5-2-1-4-8(9)13(18)17-11-7-3-6-10(15)12(11)16/h2*1-7H,(H,17,18). The van der Waals surface area contributed by atoms with Crippen LogP contribution in [-0.4, -0.2) is 11.8 Å². The van der Waals surface area contributed by atoms with E-state index in [0.29, 0.717) is 52.6 Å². The van der Waals surface area contributed by atoms with Crippen LogP contribution in [0.25, 0.3) is 0 Å². The number of hydrogen-bond donors (Lipinski definition) is 2. The van der Waals surface area contributed by atoms with Crippen molar-refractivity contribution in [3.8, 4) is 0 Å². The highest BCUT2D eigenvalue weighted by Gasteiger charge is 2.13. The molecule has 0 atom stereocenters. The lowest BCUT2D eigenvalue weighted by molar-refractivity contribution is 0.101. The molecular formula is C26H16Cl6N2O2. The van der Waals surface area contributed by atoms with Gasteiger partial charge >= 0.3 is 0 Å². The molecule has 4 rings (SSSR count). The zero-order valence-corrected chi connectivity index (χ0v) is 22.7. The average molecular weight is 601 g/mol. The number of amides is 2. The molecule has 4 nitrogen and oxygen atoms in total. The molecule has 0 unspecified atom stereocenters. The summed E-state index contributed by atoms with van der Waals surface area (Å²) in [5, 5.41) is 7.48. The first-order valence-electron chi connectivity index (χ1n) is 10.2. The molecule has 0 aliphatic carbocycles. The molecule has 184 valence electrons. The summed E-state index contributed by atoms with van der Waals surface area (Å²) in [6.45, 7) is 0. The topological polar surface area (TPSA) is 58.2 Å². The van der Waals surface area contributed by atoms with Gasteiger partial charge in [-0.25, -0.2) is 0 Å². The molecule has 4 aromatic rings. The number of halogens is 6. The zero-order chi connectivity index (χ0) is 26.2. The Labute approximate surface area is 238 Å². The van der Waals surface area contributed by atoms with Crippen molar-refractivity contribution in [3.05, 3.63) is 126 Å². The summed E-state index contributed by atoms with van der Waals surface area (Å²) in [6, 6.07) is 23.6. The Morgan fingerprint density at radius 1 is 0.444 bits per heavy atom. The maximum atomic E-state index is 12.0. The van der Waals surface area contributed by atoms with Crippen LogP contribution in [0.2, 0.25) is 30.1 Å². The van der Waals surface area contributed by atoms with Gasteiger partial charge in [0, 0.05) is 0 Å². The van der Waals surface area contributed by atoms with Gasteiger partial charge in [0.05, 0.1) is 52.6 Å². The van der Waals surface area contributed by atoms with E-state index in [2.05, 4.69) is 10.6 Å². The van der Waals surface area contributed by atoms with Crippen molar-refractivity contribution in [1.82, 2.24) is 0 Å². The SMILES string of the molecule is O=C(Nc1cccc(Cl)c1Cl)c1ccccc1Cl.O=C(Nc1cccc(Cl)c1Cl)c1ccccc1Cl. The van der Waals surface area contributed by atoms with E-state index in [9.17, 15) is 9.59 Å². The largest absolute Gasteiger partial charge is 0.321 e. The summed E-state index contributed by atoms with van der Waals surface area (Å²) in [6.07, 6.45) is 0. The Hall–Kier alpha value is -2.44. The maximum absolute atomic E-state index is 12.0. The quantitative estimate of drug-likeness (QED) is 0.245. The highest BCUT2D eigenvalue weighted by Crippen LogP contribution is 2.31. The van der Waals surface area contributed by atoms with E-state index < -0.39 is 0 Å². The predicted octanol–water partition coefficient (Wildman–Crippen LogP) is 9.80. The first-order valence-corrected chi connectivity index (χ1v) is 12.5. The number of carbonyl (C=O) groups excluding carboxylic acids is 2. The third-order valence-electron chi connectivity index (χ3n) is 4.64. The van der Waals surface area contributed by atoms with Gasteiger partial charge < -0.3 is 10.6 Å². The van der Waals surface area contributed by atoms with Gasteiger partial charge in [-0.3, -0.25) is 9.59 Å². The van der Waals surface area contributed by atoms with Crippen LogP contribution in [0.4, 0.5) is 11.4 Å². The Kier molecular flexibility index (Phi) is 10.3. The summed E-state index contributed by atoms with van der Waals surface area (Å²) in [5.41, 5.74) is 1.67. The second kappa shape index (κ2) is 13.2. The van der Waals surface area contributed by atoms with Crippen LogP contribution < -0.4 is 10.6 Å². The van der Waals surface area contributed by atoms with Gasteiger partial charge in [0.1, 0.15) is 0 Å². The second-order valence-electron chi connectivity index (χ2n) is 7.07. The maximum Gasteiger partial charge on any atom is 0.257 e. The molecule has 0 fully saturated rings. The molecule has 2 N–H and O–H groups in total. The summed E-state index contributed by atoms with van der Waals surface area (Å²) in [7, 11) is 0. The van der Waals surface area contributed by atoms with E-state index in [1.807, 2.05) is 0 Å². The Morgan fingerprint density at radius 3 is 1.14 bits per heavy atom. The molecule has 2 amide bonds. The number of carbonyl (C=O) groups is 2. The van der Waals surface area contributed by atoms with E-state index in [4.69, 9.17) is 69.6 Å². The number of nitrogens with one attached hydrogen (secondary N) is 2. The van der Waals surface area contributed by atoms with Gasteiger partial charge in [-0.2, -0.15) is 0 Å². The molecule has 36 heavy (non-hydrogen) atoms. The van der Waals surface area contributed by atoms with Crippen molar-refractivity contribution >= 4 is 92.8 Å². The smallest absolute Gasteiger partial charge is 0.257 e. The number of benzene rings is 4. The minimum absolute atomic E-state index is 0.305. The van der Waals surface area contributed by atoms with Crippen LogP contribution in [0.5, 0.6) is 0 Å². The summed E-state index contributed by atoms with van der Waals surface area (Å²) < 4.78 is 0. The molecule has 0 aliphatic rings.